The number of aromatic amines is 1. The number of nitrogens with zero attached hydrogens (tertiary/aromatic N) is 2. The number of pyridine rings is 1. The maximum absolute atomic E-state index is 12.1. The Morgan fingerprint density at radius 3 is 2.87 bits per heavy atom. The van der Waals surface area contributed by atoms with Crippen LogP contribution in [0.2, 0.25) is 0 Å². The summed E-state index contributed by atoms with van der Waals surface area (Å²) in [6, 6.07) is 3.39. The van der Waals surface area contributed by atoms with Crippen molar-refractivity contribution in [2.24, 2.45) is 0 Å². The minimum atomic E-state index is -0.332. The fraction of sp³-hybridized carbons (Fsp3) is 0.400. The number of fused-ring (bicyclic) bond motifs is 1. The van der Waals surface area contributed by atoms with Crippen molar-refractivity contribution in [2.45, 2.75) is 18.9 Å². The minimum absolute atomic E-state index is 0. The van der Waals surface area contributed by atoms with Crippen LogP contribution < -0.4 is 5.32 Å². The average molecular weight is 539 g/mol. The topological polar surface area (TPSA) is 98.3 Å². The molecule has 1 fully saturated rings. The second-order valence-corrected chi connectivity index (χ2v) is 5.38. The van der Waals surface area contributed by atoms with Crippen molar-refractivity contribution in [2.75, 3.05) is 19.6 Å². The van der Waals surface area contributed by atoms with E-state index in [0.717, 1.165) is 10.9 Å². The van der Waals surface area contributed by atoms with Crippen LogP contribution in [-0.4, -0.2) is 57.5 Å². The fourth-order valence-corrected chi connectivity index (χ4v) is 2.52. The quantitative estimate of drug-likeness (QED) is 0.482. The summed E-state index contributed by atoms with van der Waals surface area (Å²) in [6.45, 7) is 1.02. The molecule has 1 aliphatic rings. The Hall–Kier alpha value is -1.36. The van der Waals surface area contributed by atoms with Crippen LogP contribution in [0.1, 0.15) is 23.3 Å². The van der Waals surface area contributed by atoms with E-state index in [1.807, 2.05) is 0 Å². The van der Waals surface area contributed by atoms with Crippen LogP contribution in [0.3, 0.4) is 0 Å². The SMILES string of the molecule is O=C(NCC(=O)N1CCC(O)CC1)c1cc2c[c-]ncc2[nH]1.[U]. The van der Waals surface area contributed by atoms with Crippen molar-refractivity contribution >= 4 is 22.7 Å². The number of carbonyl (C=O) groups is 2. The number of hydrogen-bond donors (Lipinski definition) is 3. The molecule has 23 heavy (non-hydrogen) atoms. The van der Waals surface area contributed by atoms with Crippen molar-refractivity contribution in [3.63, 3.8) is 0 Å². The summed E-state index contributed by atoms with van der Waals surface area (Å²) in [6.07, 6.45) is 5.15. The first kappa shape index (κ1) is 18.0. The smallest absolute Gasteiger partial charge is 0.267 e. The van der Waals surface area contributed by atoms with Gasteiger partial charge in [-0.2, -0.15) is 0 Å². The van der Waals surface area contributed by atoms with Crippen LogP contribution in [0.15, 0.2) is 18.3 Å². The zero-order valence-corrected chi connectivity index (χ0v) is 16.7. The number of H-pyrrole nitrogens is 1. The summed E-state index contributed by atoms with van der Waals surface area (Å²) in [4.78, 5) is 32.6. The molecule has 3 rings (SSSR count). The Balaban J connectivity index is 0.00000192. The molecule has 7 nitrogen and oxygen atoms in total. The summed E-state index contributed by atoms with van der Waals surface area (Å²) in [5, 5.41) is 12.9. The van der Waals surface area contributed by atoms with Gasteiger partial charge in [0, 0.05) is 44.2 Å². The van der Waals surface area contributed by atoms with E-state index < -0.39 is 0 Å². The molecule has 2 aromatic heterocycles. The van der Waals surface area contributed by atoms with Crippen molar-refractivity contribution in [3.05, 3.63) is 30.2 Å². The van der Waals surface area contributed by atoms with Crippen LogP contribution in [0.5, 0.6) is 0 Å². The van der Waals surface area contributed by atoms with E-state index >= 15 is 0 Å². The predicted molar refractivity (Wildman–Crippen MR) is 79.1 cm³/mol. The summed E-state index contributed by atoms with van der Waals surface area (Å²) in [7, 11) is 0. The maximum atomic E-state index is 12.1. The van der Waals surface area contributed by atoms with E-state index in [-0.39, 0.29) is 55.6 Å². The Labute approximate surface area is 157 Å². The molecular formula is C15H17N4O3U-. The number of likely N-dealkylation sites (tertiary alicyclic amines) is 1. The molecule has 1 saturated heterocycles. The summed E-state index contributed by atoms with van der Waals surface area (Å²) in [5.41, 5.74) is 1.14. The average Bonchev–Trinajstić information content (AvgIpc) is 2.97. The van der Waals surface area contributed by atoms with Crippen molar-refractivity contribution in [1.82, 2.24) is 20.2 Å². The van der Waals surface area contributed by atoms with Crippen LogP contribution >= 0.6 is 0 Å². The third-order valence-corrected chi connectivity index (χ3v) is 3.83. The van der Waals surface area contributed by atoms with Gasteiger partial charge in [-0.05, 0) is 18.4 Å². The van der Waals surface area contributed by atoms with E-state index in [0.29, 0.717) is 31.6 Å². The zero-order chi connectivity index (χ0) is 15.5. The number of nitrogens with one attached hydrogen (secondary N) is 2. The zero-order valence-electron chi connectivity index (χ0n) is 12.5. The van der Waals surface area contributed by atoms with Gasteiger partial charge < -0.3 is 25.3 Å². The number of aromatic nitrogens is 2. The van der Waals surface area contributed by atoms with Gasteiger partial charge in [0.1, 0.15) is 0 Å². The molecule has 0 spiro atoms. The van der Waals surface area contributed by atoms with Crippen molar-refractivity contribution in [1.29, 1.82) is 0 Å². The van der Waals surface area contributed by atoms with Crippen LogP contribution in [0.25, 0.3) is 10.9 Å². The molecule has 0 radical (unpaired) electrons. The van der Waals surface area contributed by atoms with Gasteiger partial charge in [-0.3, -0.25) is 9.59 Å². The minimum Gasteiger partial charge on any atom is -0.393 e. The maximum Gasteiger partial charge on any atom is 0.267 e. The van der Waals surface area contributed by atoms with Crippen LogP contribution in [-0.2, 0) is 4.79 Å². The molecule has 8 heteroatoms. The number of piperidine rings is 1. The molecular weight excluding hydrogens is 522 g/mol. The Kier molecular flexibility index (Phi) is 6.22. The third kappa shape index (κ3) is 4.34. The van der Waals surface area contributed by atoms with Gasteiger partial charge in [0.05, 0.1) is 18.3 Å². The first-order valence-electron chi connectivity index (χ1n) is 7.22. The summed E-state index contributed by atoms with van der Waals surface area (Å²) < 4.78 is 0. The van der Waals surface area contributed by atoms with E-state index in [1.54, 1.807) is 23.2 Å². The molecule has 0 unspecified atom stereocenters. The van der Waals surface area contributed by atoms with Gasteiger partial charge in [-0.25, -0.2) is 0 Å². The Morgan fingerprint density at radius 1 is 1.43 bits per heavy atom. The second-order valence-electron chi connectivity index (χ2n) is 5.38. The largest absolute Gasteiger partial charge is 0.393 e. The van der Waals surface area contributed by atoms with Gasteiger partial charge in [0.15, 0.2) is 0 Å². The number of aliphatic hydroxyl groups excluding tert-OH is 1. The number of rotatable bonds is 3. The Bertz CT molecular complexity index is 662. The molecule has 2 amide bonds. The molecule has 0 saturated carbocycles. The van der Waals surface area contributed by atoms with Crippen molar-refractivity contribution in [3.8, 4) is 0 Å². The number of carbonyl (C=O) groups excluding carboxylic acids is 2. The second kappa shape index (κ2) is 7.95. The molecule has 1 aliphatic heterocycles. The summed E-state index contributed by atoms with van der Waals surface area (Å²) in [5.74, 6) is -0.465. The molecule has 0 aliphatic carbocycles. The van der Waals surface area contributed by atoms with E-state index in [1.165, 1.54) is 0 Å². The number of aliphatic hydroxyl groups is 1. The van der Waals surface area contributed by atoms with Gasteiger partial charge in [0.25, 0.3) is 5.91 Å². The van der Waals surface area contributed by atoms with Gasteiger partial charge in [-0.15, -0.1) is 11.5 Å². The molecule has 0 aromatic carbocycles. The van der Waals surface area contributed by atoms with E-state index in [2.05, 4.69) is 21.5 Å². The van der Waals surface area contributed by atoms with Gasteiger partial charge >= 0.3 is 0 Å². The standard InChI is InChI=1S/C15H17N4O3.U/c20-11-2-5-19(6-3-11)14(21)9-17-15(22)12-7-10-1-4-16-8-13(10)18-12;/h1,7-8,11,18,20H,2-3,5-6,9H2,(H,17,22);/q-1;. The summed E-state index contributed by atoms with van der Waals surface area (Å²) >= 11 is 0. The normalized spacial score (nSPS) is 15.3. The van der Waals surface area contributed by atoms with Crippen LogP contribution in [0, 0.1) is 37.3 Å². The molecule has 0 atom stereocenters. The predicted octanol–water partition coefficient (Wildman–Crippen LogP) is 0.0762. The first-order chi connectivity index (χ1) is 10.6. The third-order valence-electron chi connectivity index (χ3n) is 3.83. The Morgan fingerprint density at radius 2 is 2.17 bits per heavy atom. The van der Waals surface area contributed by atoms with E-state index in [9.17, 15) is 14.7 Å². The fourth-order valence-electron chi connectivity index (χ4n) is 2.52. The molecule has 120 valence electrons. The van der Waals surface area contributed by atoms with E-state index in [4.69, 9.17) is 0 Å². The molecule has 0 bridgehead atoms. The first-order valence-corrected chi connectivity index (χ1v) is 7.22. The van der Waals surface area contributed by atoms with Gasteiger partial charge in [-0.1, -0.05) is 18.5 Å². The molecule has 3 heterocycles. The van der Waals surface area contributed by atoms with Gasteiger partial charge in [0.2, 0.25) is 5.91 Å². The molecule has 2 aromatic rings. The van der Waals surface area contributed by atoms with Crippen molar-refractivity contribution < 1.29 is 45.8 Å². The monoisotopic (exact) mass is 539 g/mol. The van der Waals surface area contributed by atoms with Crippen LogP contribution in [0.4, 0.5) is 0 Å². The number of hydrogen-bond acceptors (Lipinski definition) is 4. The number of amides is 2. The molecule has 3 N–H and O–H groups in total.